The van der Waals surface area contributed by atoms with E-state index in [-0.39, 0.29) is 6.02 Å². The summed E-state index contributed by atoms with van der Waals surface area (Å²) in [5, 5.41) is 41.7. The van der Waals surface area contributed by atoms with Crippen molar-refractivity contribution in [3.05, 3.63) is 0 Å². The van der Waals surface area contributed by atoms with E-state index < -0.39 is 36.6 Å². The Hall–Kier alpha value is -0.890. The Morgan fingerprint density at radius 3 is 2.78 bits per heavy atom. The van der Waals surface area contributed by atoms with Crippen LogP contribution in [0.25, 0.3) is 0 Å². The van der Waals surface area contributed by atoms with Gasteiger partial charge < -0.3 is 30.5 Å². The van der Waals surface area contributed by atoms with Crippen LogP contribution in [0.15, 0.2) is 4.99 Å². The third-order valence-electron chi connectivity index (χ3n) is 3.56. The zero-order valence-corrected chi connectivity index (χ0v) is 10.3. The SMILES string of the molecule is CCCCNC1=N[C@@H]2[C@H](O1)[C@@H](O)[C@H](O)[C@]2(O)CO. The number of aliphatic imine (C=N–C) groups is 1. The van der Waals surface area contributed by atoms with Gasteiger partial charge in [0, 0.05) is 6.54 Å². The molecule has 0 radical (unpaired) electrons. The molecule has 18 heavy (non-hydrogen) atoms. The minimum absolute atomic E-state index is 0.247. The van der Waals surface area contributed by atoms with Crippen molar-refractivity contribution >= 4 is 6.02 Å². The molecule has 2 rings (SSSR count). The number of amidine groups is 1. The number of rotatable bonds is 4. The molecular formula is C11H20N2O5. The van der Waals surface area contributed by atoms with Crippen molar-refractivity contribution in [1.29, 1.82) is 0 Å². The Morgan fingerprint density at radius 2 is 2.17 bits per heavy atom. The first kappa shape index (κ1) is 13.5. The normalized spacial score (nSPS) is 42.4. The lowest BCUT2D eigenvalue weighted by Gasteiger charge is -2.27. The van der Waals surface area contributed by atoms with E-state index in [0.29, 0.717) is 6.54 Å². The number of hydrogen-bond donors (Lipinski definition) is 5. The van der Waals surface area contributed by atoms with Crippen molar-refractivity contribution < 1.29 is 25.2 Å². The minimum atomic E-state index is -1.85. The monoisotopic (exact) mass is 260 g/mol. The van der Waals surface area contributed by atoms with Gasteiger partial charge in [0.2, 0.25) is 0 Å². The highest BCUT2D eigenvalue weighted by molar-refractivity contribution is 5.76. The molecule has 1 aliphatic heterocycles. The fourth-order valence-electron chi connectivity index (χ4n) is 2.37. The highest BCUT2D eigenvalue weighted by Gasteiger charge is 2.63. The summed E-state index contributed by atoms with van der Waals surface area (Å²) >= 11 is 0. The van der Waals surface area contributed by atoms with E-state index in [1.165, 1.54) is 0 Å². The second kappa shape index (κ2) is 5.00. The first-order valence-electron chi connectivity index (χ1n) is 6.22. The maximum atomic E-state index is 10.1. The molecule has 2 aliphatic rings. The molecule has 0 aromatic carbocycles. The summed E-state index contributed by atoms with van der Waals surface area (Å²) in [6, 6.07) is -0.604. The van der Waals surface area contributed by atoms with Gasteiger partial charge in [-0.15, -0.1) is 0 Å². The van der Waals surface area contributed by atoms with Crippen LogP contribution in [0.3, 0.4) is 0 Å². The number of nitrogens with one attached hydrogen (secondary N) is 1. The molecule has 1 saturated carbocycles. The maximum Gasteiger partial charge on any atom is 0.285 e. The van der Waals surface area contributed by atoms with Gasteiger partial charge in [-0.1, -0.05) is 13.3 Å². The average molecular weight is 260 g/mol. The third-order valence-corrected chi connectivity index (χ3v) is 3.56. The van der Waals surface area contributed by atoms with E-state index in [2.05, 4.69) is 17.2 Å². The molecule has 1 heterocycles. The second-order valence-electron chi connectivity index (χ2n) is 4.83. The van der Waals surface area contributed by atoms with Crippen molar-refractivity contribution in [2.45, 2.75) is 49.7 Å². The van der Waals surface area contributed by atoms with Gasteiger partial charge >= 0.3 is 0 Å². The summed E-state index contributed by atoms with van der Waals surface area (Å²) in [6.07, 6.45) is -1.57. The van der Waals surface area contributed by atoms with Crippen LogP contribution in [0.5, 0.6) is 0 Å². The summed E-state index contributed by atoms with van der Waals surface area (Å²) in [5.41, 5.74) is -1.85. The minimum Gasteiger partial charge on any atom is -0.457 e. The largest absolute Gasteiger partial charge is 0.457 e. The predicted molar refractivity (Wildman–Crippen MR) is 63.1 cm³/mol. The fraction of sp³-hybridized carbons (Fsp3) is 0.909. The van der Waals surface area contributed by atoms with Gasteiger partial charge in [-0.05, 0) is 6.42 Å². The van der Waals surface area contributed by atoms with E-state index in [1.54, 1.807) is 0 Å². The van der Waals surface area contributed by atoms with E-state index in [1.807, 2.05) is 0 Å². The van der Waals surface area contributed by atoms with E-state index >= 15 is 0 Å². The van der Waals surface area contributed by atoms with Crippen LogP contribution >= 0.6 is 0 Å². The maximum absolute atomic E-state index is 10.1. The van der Waals surface area contributed by atoms with Crippen molar-refractivity contribution in [3.63, 3.8) is 0 Å². The summed E-state index contributed by atoms with van der Waals surface area (Å²) < 4.78 is 5.37. The van der Waals surface area contributed by atoms with Crippen molar-refractivity contribution in [2.75, 3.05) is 13.2 Å². The van der Waals surface area contributed by atoms with Gasteiger partial charge in [-0.2, -0.15) is 0 Å². The van der Waals surface area contributed by atoms with Gasteiger partial charge in [0.25, 0.3) is 6.02 Å². The number of unbranched alkanes of at least 4 members (excludes halogenated alkanes) is 1. The molecule has 0 amide bonds. The zero-order valence-electron chi connectivity index (χ0n) is 10.3. The Morgan fingerprint density at radius 1 is 1.44 bits per heavy atom. The van der Waals surface area contributed by atoms with E-state index in [0.717, 1.165) is 12.8 Å². The molecule has 1 fully saturated rings. The predicted octanol–water partition coefficient (Wildman–Crippen LogP) is -2.04. The molecule has 1 aliphatic carbocycles. The van der Waals surface area contributed by atoms with Crippen molar-refractivity contribution in [3.8, 4) is 0 Å². The zero-order chi connectivity index (χ0) is 13.3. The van der Waals surface area contributed by atoms with Gasteiger partial charge in [0.05, 0.1) is 6.61 Å². The second-order valence-corrected chi connectivity index (χ2v) is 4.83. The molecule has 0 bridgehead atoms. The average Bonchev–Trinajstić information content (AvgIpc) is 2.86. The Kier molecular flexibility index (Phi) is 3.76. The number of nitrogens with zero attached hydrogens (tertiary/aromatic N) is 1. The quantitative estimate of drug-likeness (QED) is 0.372. The van der Waals surface area contributed by atoms with Gasteiger partial charge in [-0.25, -0.2) is 4.99 Å². The topological polar surface area (TPSA) is 115 Å². The molecule has 7 heteroatoms. The summed E-state index contributed by atoms with van der Waals surface area (Å²) in [7, 11) is 0. The molecule has 5 N–H and O–H groups in total. The lowest BCUT2D eigenvalue weighted by molar-refractivity contribution is -0.117. The van der Waals surface area contributed by atoms with Crippen LogP contribution in [-0.4, -0.2) is 69.6 Å². The first-order valence-corrected chi connectivity index (χ1v) is 6.22. The molecule has 0 aromatic heterocycles. The Bertz CT molecular complexity index is 337. The van der Waals surface area contributed by atoms with Gasteiger partial charge in [0.1, 0.15) is 23.9 Å². The van der Waals surface area contributed by atoms with Crippen LogP contribution in [0.2, 0.25) is 0 Å². The first-order chi connectivity index (χ1) is 8.54. The summed E-state index contributed by atoms with van der Waals surface area (Å²) in [5.74, 6) is 0. The smallest absolute Gasteiger partial charge is 0.285 e. The summed E-state index contributed by atoms with van der Waals surface area (Å²) in [4.78, 5) is 4.10. The van der Waals surface area contributed by atoms with E-state index in [9.17, 15) is 20.4 Å². The van der Waals surface area contributed by atoms with Crippen molar-refractivity contribution in [1.82, 2.24) is 5.32 Å². The number of hydrogen-bond acceptors (Lipinski definition) is 7. The molecule has 104 valence electrons. The number of aliphatic hydroxyl groups is 4. The lowest BCUT2D eigenvalue weighted by Crippen LogP contribution is -2.51. The van der Waals surface area contributed by atoms with Crippen molar-refractivity contribution in [2.24, 2.45) is 4.99 Å². The lowest BCUT2D eigenvalue weighted by atomic mass is 9.97. The molecule has 7 nitrogen and oxygen atoms in total. The Balaban J connectivity index is 2.07. The van der Waals surface area contributed by atoms with Gasteiger partial charge in [0.15, 0.2) is 6.10 Å². The molecule has 0 spiro atoms. The van der Waals surface area contributed by atoms with Gasteiger partial charge in [-0.3, -0.25) is 0 Å². The molecule has 0 aromatic rings. The fourth-order valence-corrected chi connectivity index (χ4v) is 2.37. The number of fused-ring (bicyclic) bond motifs is 1. The number of ether oxygens (including phenoxy) is 1. The van der Waals surface area contributed by atoms with E-state index in [4.69, 9.17) is 4.74 Å². The Labute approximate surface area is 105 Å². The molecule has 5 atom stereocenters. The van der Waals surface area contributed by atoms with Crippen LogP contribution in [0.4, 0.5) is 0 Å². The molecule has 0 unspecified atom stereocenters. The third kappa shape index (κ3) is 1.97. The highest BCUT2D eigenvalue weighted by Crippen LogP contribution is 2.38. The standard InChI is InChI=1S/C11H20N2O5/c1-2-3-4-12-10-13-8-7(18-10)6(15)9(16)11(8,17)5-14/h6-9,14-17H,2-5H2,1H3,(H,12,13)/t6-,7-,8-,9+,11+/m1/s1. The van der Waals surface area contributed by atoms with Crippen LogP contribution in [-0.2, 0) is 4.74 Å². The summed E-state index contributed by atoms with van der Waals surface area (Å²) in [6.45, 7) is 2.06. The number of aliphatic hydroxyl groups excluding tert-OH is 3. The van der Waals surface area contributed by atoms with Crippen LogP contribution < -0.4 is 5.32 Å². The van der Waals surface area contributed by atoms with Crippen LogP contribution in [0.1, 0.15) is 19.8 Å². The molecule has 0 saturated heterocycles. The highest BCUT2D eigenvalue weighted by atomic mass is 16.5. The molecular weight excluding hydrogens is 240 g/mol. The van der Waals surface area contributed by atoms with Crippen LogP contribution in [0, 0.1) is 0 Å².